The van der Waals surface area contributed by atoms with E-state index < -0.39 is 0 Å². The molecule has 2 N–H and O–H groups in total. The highest BCUT2D eigenvalue weighted by Gasteiger charge is 2.13. The lowest BCUT2D eigenvalue weighted by molar-refractivity contribution is 0.368. The molecule has 0 saturated heterocycles. The van der Waals surface area contributed by atoms with Crippen LogP contribution in [-0.4, -0.2) is 23.1 Å². The van der Waals surface area contributed by atoms with Gasteiger partial charge in [0.25, 0.3) is 0 Å². The molecule has 0 bridgehead atoms. The maximum absolute atomic E-state index is 5.42. The number of halogens is 1. The highest BCUT2D eigenvalue weighted by atomic mass is 127. The molecule has 0 fully saturated rings. The molecule has 2 aromatic heterocycles. The van der Waals surface area contributed by atoms with Gasteiger partial charge in [-0.3, -0.25) is 4.99 Å². The third kappa shape index (κ3) is 6.58. The normalized spacial score (nSPS) is 11.5. The summed E-state index contributed by atoms with van der Waals surface area (Å²) in [6.07, 6.45) is 5.11. The number of hydrogen-bond acceptors (Lipinski definition) is 5. The molecular weight excluding hydrogens is 449 g/mol. The van der Waals surface area contributed by atoms with Crippen LogP contribution in [-0.2, 0) is 19.5 Å². The highest BCUT2D eigenvalue weighted by molar-refractivity contribution is 14.0. The van der Waals surface area contributed by atoms with Crippen LogP contribution >= 0.6 is 35.3 Å². The molecule has 2 aromatic rings. The van der Waals surface area contributed by atoms with E-state index in [9.17, 15) is 0 Å². The number of hydrogen-bond donors (Lipinski definition) is 2. The first-order valence-corrected chi connectivity index (χ1v) is 9.35. The van der Waals surface area contributed by atoms with Crippen molar-refractivity contribution in [2.45, 2.75) is 59.0 Å². The Balaban J connectivity index is 0.00000312. The van der Waals surface area contributed by atoms with Crippen molar-refractivity contribution < 1.29 is 4.52 Å². The Labute approximate surface area is 170 Å². The van der Waals surface area contributed by atoms with E-state index in [-0.39, 0.29) is 24.0 Å². The van der Waals surface area contributed by atoms with Gasteiger partial charge in [-0.2, -0.15) is 0 Å². The van der Waals surface area contributed by atoms with E-state index in [0.29, 0.717) is 19.0 Å². The van der Waals surface area contributed by atoms with Gasteiger partial charge in [0.15, 0.2) is 11.7 Å². The standard InChI is InChI=1S/C17H27N5OS.HI/c1-5-12(6-2)15-8-13(23-22-15)9-20-17(18-4)21-11-16-19-10-14(7-3)24-16;/h8,10,12H,5-7,9,11H2,1-4H3,(H2,18,20,21);1H. The van der Waals surface area contributed by atoms with Crippen LogP contribution in [0.15, 0.2) is 21.8 Å². The lowest BCUT2D eigenvalue weighted by Gasteiger charge is -2.09. The lowest BCUT2D eigenvalue weighted by Crippen LogP contribution is -2.36. The number of nitrogens with one attached hydrogen (secondary N) is 2. The smallest absolute Gasteiger partial charge is 0.191 e. The molecule has 6 nitrogen and oxygen atoms in total. The average Bonchev–Trinajstić information content (AvgIpc) is 3.25. The second kappa shape index (κ2) is 11.5. The first-order valence-electron chi connectivity index (χ1n) is 8.53. The van der Waals surface area contributed by atoms with Gasteiger partial charge in [-0.15, -0.1) is 35.3 Å². The van der Waals surface area contributed by atoms with Crippen LogP contribution in [0.5, 0.6) is 0 Å². The molecule has 0 aliphatic carbocycles. The van der Waals surface area contributed by atoms with Gasteiger partial charge < -0.3 is 15.2 Å². The monoisotopic (exact) mass is 477 g/mol. The van der Waals surface area contributed by atoms with E-state index in [1.54, 1.807) is 18.4 Å². The fourth-order valence-electron chi connectivity index (χ4n) is 2.46. The number of guanidine groups is 1. The Morgan fingerprint density at radius 1 is 1.24 bits per heavy atom. The molecule has 0 aromatic carbocycles. The number of aromatic nitrogens is 2. The largest absolute Gasteiger partial charge is 0.359 e. The minimum Gasteiger partial charge on any atom is -0.359 e. The predicted molar refractivity (Wildman–Crippen MR) is 114 cm³/mol. The fourth-order valence-corrected chi connectivity index (χ4v) is 3.26. The minimum atomic E-state index is 0. The molecule has 2 rings (SSSR count). The first-order chi connectivity index (χ1) is 11.7. The molecule has 0 aliphatic rings. The van der Waals surface area contributed by atoms with Crippen LogP contribution in [0.4, 0.5) is 0 Å². The predicted octanol–water partition coefficient (Wildman–Crippen LogP) is 4.08. The Bertz CT molecular complexity index is 651. The molecule has 0 unspecified atom stereocenters. The first kappa shape index (κ1) is 21.9. The van der Waals surface area contributed by atoms with Crippen molar-refractivity contribution in [3.8, 4) is 0 Å². The second-order valence-corrected chi connectivity index (χ2v) is 6.78. The van der Waals surface area contributed by atoms with E-state index in [1.807, 2.05) is 12.3 Å². The zero-order chi connectivity index (χ0) is 17.4. The maximum Gasteiger partial charge on any atom is 0.191 e. The topological polar surface area (TPSA) is 75.3 Å². The summed E-state index contributed by atoms with van der Waals surface area (Å²) in [6.45, 7) is 7.72. The minimum absolute atomic E-state index is 0. The summed E-state index contributed by atoms with van der Waals surface area (Å²) in [5.74, 6) is 2.02. The molecule has 0 atom stereocenters. The van der Waals surface area contributed by atoms with Crippen molar-refractivity contribution >= 4 is 41.3 Å². The zero-order valence-electron chi connectivity index (χ0n) is 15.3. The van der Waals surface area contributed by atoms with Crippen LogP contribution in [0, 0.1) is 0 Å². The zero-order valence-corrected chi connectivity index (χ0v) is 18.5. The summed E-state index contributed by atoms with van der Waals surface area (Å²) in [7, 11) is 1.75. The molecule has 0 radical (unpaired) electrons. The van der Waals surface area contributed by atoms with Crippen LogP contribution in [0.25, 0.3) is 0 Å². The molecular formula is C17H28IN5OS. The van der Waals surface area contributed by atoms with Gasteiger partial charge in [-0.25, -0.2) is 4.98 Å². The van der Waals surface area contributed by atoms with Crippen molar-refractivity contribution in [1.29, 1.82) is 0 Å². The van der Waals surface area contributed by atoms with Gasteiger partial charge in [0, 0.05) is 30.1 Å². The molecule has 0 aliphatic heterocycles. The van der Waals surface area contributed by atoms with Crippen LogP contribution in [0.2, 0.25) is 0 Å². The summed E-state index contributed by atoms with van der Waals surface area (Å²) in [5, 5.41) is 11.8. The summed E-state index contributed by atoms with van der Waals surface area (Å²) >= 11 is 1.73. The van der Waals surface area contributed by atoms with Gasteiger partial charge in [0.1, 0.15) is 5.01 Å². The lowest BCUT2D eigenvalue weighted by atomic mass is 9.99. The molecule has 0 spiro atoms. The molecule has 0 saturated carbocycles. The van der Waals surface area contributed by atoms with E-state index >= 15 is 0 Å². The van der Waals surface area contributed by atoms with Crippen LogP contribution in [0.3, 0.4) is 0 Å². The van der Waals surface area contributed by atoms with E-state index in [1.165, 1.54) is 4.88 Å². The molecule has 140 valence electrons. The van der Waals surface area contributed by atoms with Crippen LogP contribution in [0.1, 0.15) is 60.9 Å². The molecule has 25 heavy (non-hydrogen) atoms. The van der Waals surface area contributed by atoms with Crippen molar-refractivity contribution in [2.75, 3.05) is 7.05 Å². The Morgan fingerprint density at radius 2 is 1.96 bits per heavy atom. The van der Waals surface area contributed by atoms with Crippen molar-refractivity contribution in [3.63, 3.8) is 0 Å². The summed E-state index contributed by atoms with van der Waals surface area (Å²) in [4.78, 5) is 9.92. The van der Waals surface area contributed by atoms with Gasteiger partial charge in [-0.05, 0) is 19.3 Å². The maximum atomic E-state index is 5.42. The Hall–Kier alpha value is -1.16. The SMILES string of the molecule is CCc1cnc(CNC(=NC)NCc2cc(C(CC)CC)no2)s1.I. The number of nitrogens with zero attached hydrogens (tertiary/aromatic N) is 3. The second-order valence-electron chi connectivity index (χ2n) is 5.58. The Kier molecular flexibility index (Phi) is 10.0. The number of rotatable bonds is 8. The summed E-state index contributed by atoms with van der Waals surface area (Å²) < 4.78 is 5.42. The van der Waals surface area contributed by atoms with E-state index in [2.05, 4.69) is 46.5 Å². The van der Waals surface area contributed by atoms with Crippen molar-refractivity contribution in [1.82, 2.24) is 20.8 Å². The van der Waals surface area contributed by atoms with Crippen molar-refractivity contribution in [3.05, 3.63) is 33.6 Å². The fraction of sp³-hybridized carbons (Fsp3) is 0.588. The number of aliphatic imine (C=N–C) groups is 1. The number of aryl methyl sites for hydroxylation is 1. The highest BCUT2D eigenvalue weighted by Crippen LogP contribution is 2.22. The third-order valence-electron chi connectivity index (χ3n) is 3.99. The van der Waals surface area contributed by atoms with Gasteiger partial charge in [0.2, 0.25) is 0 Å². The molecule has 0 amide bonds. The quantitative estimate of drug-likeness (QED) is 0.341. The van der Waals surface area contributed by atoms with E-state index in [0.717, 1.165) is 41.7 Å². The molecule has 2 heterocycles. The summed E-state index contributed by atoms with van der Waals surface area (Å²) in [6, 6.07) is 2.03. The van der Waals surface area contributed by atoms with Crippen LogP contribution < -0.4 is 10.6 Å². The van der Waals surface area contributed by atoms with Gasteiger partial charge in [-0.1, -0.05) is 25.9 Å². The van der Waals surface area contributed by atoms with Gasteiger partial charge >= 0.3 is 0 Å². The molecule has 8 heteroatoms. The third-order valence-corrected chi connectivity index (χ3v) is 5.13. The number of thiazole rings is 1. The summed E-state index contributed by atoms with van der Waals surface area (Å²) in [5.41, 5.74) is 1.04. The van der Waals surface area contributed by atoms with Gasteiger partial charge in [0.05, 0.1) is 18.8 Å². The average molecular weight is 477 g/mol. The van der Waals surface area contributed by atoms with E-state index in [4.69, 9.17) is 4.52 Å². The Morgan fingerprint density at radius 3 is 2.56 bits per heavy atom. The van der Waals surface area contributed by atoms with Crippen molar-refractivity contribution in [2.24, 2.45) is 4.99 Å².